The summed E-state index contributed by atoms with van der Waals surface area (Å²) in [5.74, 6) is 1.07. The van der Waals surface area contributed by atoms with Gasteiger partial charge < -0.3 is 14.8 Å². The van der Waals surface area contributed by atoms with Crippen molar-refractivity contribution in [3.05, 3.63) is 24.2 Å². The summed E-state index contributed by atoms with van der Waals surface area (Å²) in [5, 5.41) is 12.4. The van der Waals surface area contributed by atoms with Crippen LogP contribution in [0.4, 0.5) is 0 Å². The summed E-state index contributed by atoms with van der Waals surface area (Å²) in [6.07, 6.45) is 6.45. The van der Waals surface area contributed by atoms with Crippen LogP contribution in [0.5, 0.6) is 0 Å². The summed E-state index contributed by atoms with van der Waals surface area (Å²) in [6.45, 7) is 0.953. The number of hydrogen-bond donors (Lipinski definition) is 2. The van der Waals surface area contributed by atoms with Crippen LogP contribution in [0.2, 0.25) is 0 Å². The second-order valence-electron chi connectivity index (χ2n) is 3.17. The predicted octanol–water partition coefficient (Wildman–Crippen LogP) is 1.48. The molecule has 0 bridgehead atoms. The van der Waals surface area contributed by atoms with Crippen LogP contribution in [0.25, 0.3) is 0 Å². The second-order valence-corrected chi connectivity index (χ2v) is 4.16. The van der Waals surface area contributed by atoms with Gasteiger partial charge in [-0.25, -0.2) is 0 Å². The molecule has 0 saturated carbocycles. The Kier molecular flexibility index (Phi) is 5.75. The van der Waals surface area contributed by atoms with Crippen molar-refractivity contribution in [2.45, 2.75) is 19.0 Å². The molecule has 0 aliphatic carbocycles. The van der Waals surface area contributed by atoms with Crippen molar-refractivity contribution in [3.8, 4) is 0 Å². The second kappa shape index (κ2) is 6.92. The Morgan fingerprint density at radius 3 is 3.07 bits per heavy atom. The fourth-order valence-corrected chi connectivity index (χ4v) is 1.69. The molecule has 4 heteroatoms. The van der Waals surface area contributed by atoms with Gasteiger partial charge in [0.2, 0.25) is 0 Å². The molecule has 0 aliphatic heterocycles. The summed E-state index contributed by atoms with van der Waals surface area (Å²) < 4.78 is 4.95. The highest BCUT2D eigenvalue weighted by Crippen LogP contribution is 2.03. The van der Waals surface area contributed by atoms with Gasteiger partial charge in [0, 0.05) is 18.2 Å². The molecule has 1 unspecified atom stereocenters. The molecule has 80 valence electrons. The van der Waals surface area contributed by atoms with Crippen molar-refractivity contribution in [1.82, 2.24) is 5.32 Å². The minimum Gasteiger partial charge on any atom is -0.472 e. The zero-order chi connectivity index (χ0) is 10.2. The molecule has 1 heterocycles. The number of aliphatic hydroxyl groups excluding tert-OH is 1. The average Bonchev–Trinajstić information content (AvgIpc) is 2.71. The first kappa shape index (κ1) is 11.6. The Morgan fingerprint density at radius 2 is 2.50 bits per heavy atom. The van der Waals surface area contributed by atoms with Crippen molar-refractivity contribution < 1.29 is 9.52 Å². The molecule has 0 aliphatic rings. The number of aliphatic hydroxyl groups is 1. The molecule has 0 aromatic carbocycles. The fourth-order valence-electron chi connectivity index (χ4n) is 1.17. The molecule has 0 saturated heterocycles. The number of nitrogens with one attached hydrogen (secondary N) is 1. The third kappa shape index (κ3) is 4.17. The predicted molar refractivity (Wildman–Crippen MR) is 59.4 cm³/mol. The van der Waals surface area contributed by atoms with E-state index in [-0.39, 0.29) is 12.6 Å². The summed E-state index contributed by atoms with van der Waals surface area (Å²) >= 11 is 1.80. The normalized spacial score (nSPS) is 13.0. The number of rotatable bonds is 7. The Morgan fingerprint density at radius 1 is 1.64 bits per heavy atom. The van der Waals surface area contributed by atoms with Crippen LogP contribution < -0.4 is 5.32 Å². The fraction of sp³-hybridized carbons (Fsp3) is 0.600. The maximum Gasteiger partial charge on any atom is 0.0947 e. The van der Waals surface area contributed by atoms with E-state index in [4.69, 9.17) is 9.52 Å². The molecule has 1 aromatic heterocycles. The Labute approximate surface area is 88.9 Å². The zero-order valence-corrected chi connectivity index (χ0v) is 9.22. The van der Waals surface area contributed by atoms with Crippen LogP contribution in [0.3, 0.4) is 0 Å². The van der Waals surface area contributed by atoms with Crippen LogP contribution in [0.1, 0.15) is 12.0 Å². The van der Waals surface area contributed by atoms with Crippen molar-refractivity contribution in [2.24, 2.45) is 0 Å². The van der Waals surface area contributed by atoms with E-state index in [1.165, 1.54) is 0 Å². The van der Waals surface area contributed by atoms with E-state index in [1.54, 1.807) is 24.3 Å². The lowest BCUT2D eigenvalue weighted by atomic mass is 10.2. The van der Waals surface area contributed by atoms with Crippen LogP contribution in [-0.2, 0) is 6.54 Å². The Balaban J connectivity index is 2.20. The zero-order valence-electron chi connectivity index (χ0n) is 8.40. The third-order valence-corrected chi connectivity index (χ3v) is 2.71. The summed E-state index contributed by atoms with van der Waals surface area (Å²) in [4.78, 5) is 0. The largest absolute Gasteiger partial charge is 0.472 e. The summed E-state index contributed by atoms with van der Waals surface area (Å²) in [7, 11) is 0. The molecule has 14 heavy (non-hydrogen) atoms. The summed E-state index contributed by atoms with van der Waals surface area (Å²) in [5.41, 5.74) is 1.12. The standard InChI is InChI=1S/C10H17NO2S/c1-14-5-3-10(7-12)11-6-9-2-4-13-8-9/h2,4,8,10-12H,3,5-7H2,1H3. The molecule has 1 atom stereocenters. The molecule has 3 nitrogen and oxygen atoms in total. The molecule has 0 amide bonds. The minimum atomic E-state index is 0.192. The van der Waals surface area contributed by atoms with E-state index < -0.39 is 0 Å². The Hall–Kier alpha value is -0.450. The smallest absolute Gasteiger partial charge is 0.0947 e. The van der Waals surface area contributed by atoms with Crippen LogP contribution in [0, 0.1) is 0 Å². The molecule has 1 aromatic rings. The van der Waals surface area contributed by atoms with Gasteiger partial charge >= 0.3 is 0 Å². The number of thioether (sulfide) groups is 1. The van der Waals surface area contributed by atoms with E-state index in [0.717, 1.165) is 24.3 Å². The molecule has 0 radical (unpaired) electrons. The van der Waals surface area contributed by atoms with Gasteiger partial charge in [-0.1, -0.05) is 0 Å². The van der Waals surface area contributed by atoms with Crippen molar-refractivity contribution in [3.63, 3.8) is 0 Å². The topological polar surface area (TPSA) is 45.4 Å². The monoisotopic (exact) mass is 215 g/mol. The summed E-state index contributed by atoms with van der Waals surface area (Å²) in [6, 6.07) is 2.12. The number of furan rings is 1. The highest BCUT2D eigenvalue weighted by atomic mass is 32.2. The highest BCUT2D eigenvalue weighted by Gasteiger charge is 2.05. The SMILES string of the molecule is CSCCC(CO)NCc1ccoc1. The van der Waals surface area contributed by atoms with Crippen molar-refractivity contribution >= 4 is 11.8 Å². The molecular formula is C10H17NO2S. The van der Waals surface area contributed by atoms with Gasteiger partial charge in [-0.2, -0.15) is 11.8 Å². The molecule has 1 rings (SSSR count). The van der Waals surface area contributed by atoms with Gasteiger partial charge in [-0.15, -0.1) is 0 Å². The van der Waals surface area contributed by atoms with E-state index in [9.17, 15) is 0 Å². The number of hydrogen-bond acceptors (Lipinski definition) is 4. The average molecular weight is 215 g/mol. The van der Waals surface area contributed by atoms with E-state index in [0.29, 0.717) is 0 Å². The van der Waals surface area contributed by atoms with Crippen LogP contribution >= 0.6 is 11.8 Å². The maximum atomic E-state index is 9.09. The van der Waals surface area contributed by atoms with E-state index in [2.05, 4.69) is 11.6 Å². The van der Waals surface area contributed by atoms with Crippen molar-refractivity contribution in [1.29, 1.82) is 0 Å². The van der Waals surface area contributed by atoms with Gasteiger partial charge in [0.25, 0.3) is 0 Å². The maximum absolute atomic E-state index is 9.09. The third-order valence-electron chi connectivity index (χ3n) is 2.07. The first-order valence-electron chi connectivity index (χ1n) is 4.71. The first-order chi connectivity index (χ1) is 6.86. The molecule has 2 N–H and O–H groups in total. The van der Waals surface area contributed by atoms with Gasteiger partial charge in [0.15, 0.2) is 0 Å². The molecule has 0 fully saturated rings. The first-order valence-corrected chi connectivity index (χ1v) is 6.10. The lowest BCUT2D eigenvalue weighted by Gasteiger charge is -2.14. The van der Waals surface area contributed by atoms with Gasteiger partial charge in [-0.05, 0) is 24.5 Å². The van der Waals surface area contributed by atoms with Crippen molar-refractivity contribution in [2.75, 3.05) is 18.6 Å². The van der Waals surface area contributed by atoms with E-state index in [1.807, 2.05) is 6.07 Å². The van der Waals surface area contributed by atoms with Crippen LogP contribution in [0.15, 0.2) is 23.0 Å². The molecular weight excluding hydrogens is 198 g/mol. The van der Waals surface area contributed by atoms with Gasteiger partial charge in [0.05, 0.1) is 19.1 Å². The lowest BCUT2D eigenvalue weighted by Crippen LogP contribution is -2.32. The Bertz CT molecular complexity index is 226. The molecule has 0 spiro atoms. The van der Waals surface area contributed by atoms with Gasteiger partial charge in [0.1, 0.15) is 0 Å². The van der Waals surface area contributed by atoms with E-state index >= 15 is 0 Å². The quantitative estimate of drug-likeness (QED) is 0.723. The lowest BCUT2D eigenvalue weighted by molar-refractivity contribution is 0.239. The highest BCUT2D eigenvalue weighted by molar-refractivity contribution is 7.98. The van der Waals surface area contributed by atoms with Gasteiger partial charge in [-0.3, -0.25) is 0 Å². The van der Waals surface area contributed by atoms with Crippen LogP contribution in [-0.4, -0.2) is 29.8 Å². The minimum absolute atomic E-state index is 0.192.